The lowest BCUT2D eigenvalue weighted by Crippen LogP contribution is -2.65. The molecular weight excluding hydrogens is 545 g/mol. The summed E-state index contributed by atoms with van der Waals surface area (Å²) in [6.07, 6.45) is 6.64. The molecule has 230 valence electrons. The van der Waals surface area contributed by atoms with Crippen LogP contribution in [0.15, 0.2) is 47.9 Å². The second-order valence-electron chi connectivity index (χ2n) is 14.2. The molecule has 1 aromatic carbocycles. The fourth-order valence-corrected chi connectivity index (χ4v) is 7.80. The number of nitrogens with one attached hydrogen (secondary N) is 2. The Bertz CT molecular complexity index is 1400. The molecule has 3 aliphatic carbocycles. The molecule has 1 aromatic heterocycles. The van der Waals surface area contributed by atoms with Gasteiger partial charge in [-0.25, -0.2) is 0 Å². The summed E-state index contributed by atoms with van der Waals surface area (Å²) in [6, 6.07) is 9.80. The van der Waals surface area contributed by atoms with Gasteiger partial charge in [-0.3, -0.25) is 14.3 Å². The van der Waals surface area contributed by atoms with E-state index in [1.54, 1.807) is 17.9 Å². The highest BCUT2D eigenvalue weighted by molar-refractivity contribution is 6.48. The van der Waals surface area contributed by atoms with E-state index in [-0.39, 0.29) is 47.8 Å². The molecule has 11 heteroatoms. The summed E-state index contributed by atoms with van der Waals surface area (Å²) in [4.78, 5) is 32.9. The van der Waals surface area contributed by atoms with Crippen LogP contribution < -0.4 is 10.6 Å². The van der Waals surface area contributed by atoms with Crippen LogP contribution in [0.3, 0.4) is 0 Å². The molecule has 2 bridgehead atoms. The summed E-state index contributed by atoms with van der Waals surface area (Å²) in [5.41, 5.74) is 0.623. The number of nitrogens with zero attached hydrogens (tertiary/aromatic N) is 3. The van der Waals surface area contributed by atoms with Gasteiger partial charge in [0, 0.05) is 26.1 Å². The van der Waals surface area contributed by atoms with Gasteiger partial charge in [-0.05, 0) is 54.9 Å². The topological polar surface area (TPSA) is 116 Å². The van der Waals surface area contributed by atoms with Crippen LogP contribution in [0.4, 0.5) is 0 Å². The normalized spacial score (nSPS) is 31.1. The lowest BCUT2D eigenvalue weighted by molar-refractivity contribution is -0.199. The molecule has 3 heterocycles. The summed E-state index contributed by atoms with van der Waals surface area (Å²) >= 11 is 0. The summed E-state index contributed by atoms with van der Waals surface area (Å²) in [5.74, 6) is 0.527. The first-order valence-electron chi connectivity index (χ1n) is 15.6. The first kappa shape index (κ1) is 29.9. The van der Waals surface area contributed by atoms with Crippen molar-refractivity contribution in [2.75, 3.05) is 6.54 Å². The molecule has 7 rings (SSSR count). The molecule has 5 aliphatic rings. The Kier molecular flexibility index (Phi) is 7.69. The minimum absolute atomic E-state index is 0.0280. The molecule has 2 aliphatic heterocycles. The van der Waals surface area contributed by atoms with Crippen molar-refractivity contribution in [3.63, 3.8) is 0 Å². The molecule has 2 N–H and O–H groups in total. The van der Waals surface area contributed by atoms with Crippen LogP contribution in [-0.4, -0.2) is 64.2 Å². The van der Waals surface area contributed by atoms with Crippen LogP contribution in [0.1, 0.15) is 76.2 Å². The van der Waals surface area contributed by atoms with E-state index in [9.17, 15) is 9.59 Å². The van der Waals surface area contributed by atoms with Crippen molar-refractivity contribution < 1.29 is 23.7 Å². The lowest BCUT2D eigenvalue weighted by atomic mass is 9.43. The van der Waals surface area contributed by atoms with Crippen LogP contribution in [0.25, 0.3) is 0 Å². The average Bonchev–Trinajstić information content (AvgIpc) is 3.68. The van der Waals surface area contributed by atoms with E-state index in [1.165, 1.54) is 12.6 Å². The number of amides is 2. The Morgan fingerprint density at radius 1 is 1.16 bits per heavy atom. The molecule has 3 saturated carbocycles. The third-order valence-electron chi connectivity index (χ3n) is 10.3. The second-order valence-corrected chi connectivity index (χ2v) is 14.2. The van der Waals surface area contributed by atoms with Crippen molar-refractivity contribution in [3.8, 4) is 0 Å². The Morgan fingerprint density at radius 3 is 2.60 bits per heavy atom. The van der Waals surface area contributed by atoms with E-state index in [0.29, 0.717) is 41.9 Å². The minimum atomic E-state index is -1.26. The predicted molar refractivity (Wildman–Crippen MR) is 163 cm³/mol. The number of hydrogen-bond acceptors (Lipinski definition) is 7. The Balaban J connectivity index is 1.18. The third kappa shape index (κ3) is 5.50. The quantitative estimate of drug-likeness (QED) is 0.409. The number of carbonyl (C=O) groups is 2. The van der Waals surface area contributed by atoms with Crippen LogP contribution in [0.5, 0.6) is 0 Å². The van der Waals surface area contributed by atoms with E-state index in [1.807, 2.05) is 30.3 Å². The van der Waals surface area contributed by atoms with E-state index in [4.69, 9.17) is 14.1 Å². The number of aryl methyl sites for hydroxylation is 1. The molecule has 0 radical (unpaired) electrons. The standard InChI is InChI=1S/C32H44BN5O5/c1-20(2)12-27(33-41-26-14-23-13-25(30(23,3)4)31(26,5)42-33)36-29(40)32(15-21-10-8-7-9-11-21)16-24(37-43-32)18-34-28(39)22-17-35-38(6)19-22/h7-11,17,19-20,23,25-27H,12-16,18H2,1-6H3,(H,34,39)(H,36,40)/t23-,25-,26+,27-,31-,32?/m0/s1. The van der Waals surface area contributed by atoms with E-state index >= 15 is 0 Å². The second kappa shape index (κ2) is 11.1. The van der Waals surface area contributed by atoms with Gasteiger partial charge >= 0.3 is 7.12 Å². The van der Waals surface area contributed by atoms with Gasteiger partial charge in [0.2, 0.25) is 5.60 Å². The molecule has 1 unspecified atom stereocenters. The van der Waals surface area contributed by atoms with Crippen LogP contribution in [0, 0.1) is 23.2 Å². The van der Waals surface area contributed by atoms with E-state index < -0.39 is 12.7 Å². The average molecular weight is 590 g/mol. The van der Waals surface area contributed by atoms with Gasteiger partial charge in [-0.15, -0.1) is 0 Å². The zero-order valence-corrected chi connectivity index (χ0v) is 26.1. The molecule has 6 atom stereocenters. The third-order valence-corrected chi connectivity index (χ3v) is 10.3. The van der Waals surface area contributed by atoms with Gasteiger partial charge in [0.25, 0.3) is 11.8 Å². The van der Waals surface area contributed by atoms with Crippen LogP contribution in [-0.2, 0) is 32.4 Å². The first-order chi connectivity index (χ1) is 20.4. The molecule has 4 fully saturated rings. The molecular formula is C32H44BN5O5. The zero-order valence-electron chi connectivity index (χ0n) is 26.1. The number of rotatable bonds is 10. The fourth-order valence-electron chi connectivity index (χ4n) is 7.80. The largest absolute Gasteiger partial charge is 0.481 e. The molecule has 1 saturated heterocycles. The van der Waals surface area contributed by atoms with Crippen molar-refractivity contribution in [1.82, 2.24) is 20.4 Å². The van der Waals surface area contributed by atoms with E-state index in [2.05, 4.69) is 55.5 Å². The number of carbonyl (C=O) groups excluding carboxylic acids is 2. The smallest absolute Gasteiger partial charge is 0.404 e. The number of oxime groups is 1. The molecule has 10 nitrogen and oxygen atoms in total. The SMILES string of the molecule is CC(C)C[C@H](NC(=O)C1(Cc2ccccc2)CC(CNC(=O)c2cnn(C)c2)=NO1)B1O[C@@H]2C[C@@H]3C[C@@H](C3(C)C)[C@]2(C)O1. The van der Waals surface area contributed by atoms with Gasteiger partial charge in [0.15, 0.2) is 0 Å². The van der Waals surface area contributed by atoms with Crippen molar-refractivity contribution in [2.24, 2.45) is 35.4 Å². The highest BCUT2D eigenvalue weighted by Crippen LogP contribution is 2.65. The van der Waals surface area contributed by atoms with Gasteiger partial charge in [-0.2, -0.15) is 5.10 Å². The van der Waals surface area contributed by atoms with Gasteiger partial charge < -0.3 is 24.8 Å². The monoisotopic (exact) mass is 589 g/mol. The zero-order chi connectivity index (χ0) is 30.6. The maximum Gasteiger partial charge on any atom is 0.481 e. The minimum Gasteiger partial charge on any atom is -0.404 e. The van der Waals surface area contributed by atoms with Crippen molar-refractivity contribution in [3.05, 3.63) is 53.9 Å². The van der Waals surface area contributed by atoms with Crippen molar-refractivity contribution >= 4 is 24.6 Å². The predicted octanol–water partition coefficient (Wildman–Crippen LogP) is 3.71. The van der Waals surface area contributed by atoms with Crippen molar-refractivity contribution in [2.45, 2.75) is 90.0 Å². The summed E-state index contributed by atoms with van der Waals surface area (Å²) in [5, 5.41) is 14.5. The summed E-state index contributed by atoms with van der Waals surface area (Å²) in [6.45, 7) is 11.3. The molecule has 2 aromatic rings. The Labute approximate surface area is 254 Å². The first-order valence-corrected chi connectivity index (χ1v) is 15.6. The molecule has 2 amide bonds. The van der Waals surface area contributed by atoms with Gasteiger partial charge in [0.05, 0.1) is 41.7 Å². The maximum absolute atomic E-state index is 14.3. The lowest BCUT2D eigenvalue weighted by Gasteiger charge is -2.64. The Morgan fingerprint density at radius 2 is 1.93 bits per heavy atom. The number of hydrogen-bond donors (Lipinski definition) is 2. The highest BCUT2D eigenvalue weighted by atomic mass is 16.7. The highest BCUT2D eigenvalue weighted by Gasteiger charge is 2.68. The molecule has 43 heavy (non-hydrogen) atoms. The van der Waals surface area contributed by atoms with Crippen LogP contribution in [0.2, 0.25) is 0 Å². The van der Waals surface area contributed by atoms with Gasteiger partial charge in [-0.1, -0.05) is 63.2 Å². The maximum atomic E-state index is 14.3. The van der Waals surface area contributed by atoms with E-state index in [0.717, 1.165) is 12.0 Å². The summed E-state index contributed by atoms with van der Waals surface area (Å²) in [7, 11) is 1.22. The number of aromatic nitrogens is 2. The van der Waals surface area contributed by atoms with Gasteiger partial charge in [0.1, 0.15) is 0 Å². The Hall–Kier alpha value is -3.18. The molecule has 0 spiro atoms. The number of benzene rings is 1. The van der Waals surface area contributed by atoms with Crippen molar-refractivity contribution in [1.29, 1.82) is 0 Å². The van der Waals surface area contributed by atoms with Crippen LogP contribution >= 0.6 is 0 Å². The fraction of sp³-hybridized carbons (Fsp3) is 0.625. The summed E-state index contributed by atoms with van der Waals surface area (Å²) < 4.78 is 15.0.